The molecule has 1 heterocycles. The van der Waals surface area contributed by atoms with E-state index >= 15 is 0 Å². The van der Waals surface area contributed by atoms with Gasteiger partial charge in [0.05, 0.1) is 5.69 Å². The Morgan fingerprint density at radius 1 is 1.45 bits per heavy atom. The Hall–Kier alpha value is -1.29. The van der Waals surface area contributed by atoms with Crippen molar-refractivity contribution in [1.82, 2.24) is 0 Å². The average molecular weight is 302 g/mol. The zero-order valence-electron chi connectivity index (χ0n) is 11.4. The highest BCUT2D eigenvalue weighted by atomic mass is 35.5. The molecule has 1 aromatic rings. The molecule has 0 saturated carbocycles. The van der Waals surface area contributed by atoms with Crippen molar-refractivity contribution in [2.45, 2.75) is 37.3 Å². The molecule has 0 radical (unpaired) electrons. The Morgan fingerprint density at radius 3 is 2.75 bits per heavy atom. The summed E-state index contributed by atoms with van der Waals surface area (Å²) in [5, 5.41) is -3.50. The minimum absolute atomic E-state index is 0.155. The summed E-state index contributed by atoms with van der Waals surface area (Å²) in [5.74, 6) is 0.436. The van der Waals surface area contributed by atoms with E-state index in [0.29, 0.717) is 17.9 Å². The molecule has 0 bridgehead atoms. The molecule has 0 aromatic heterocycles. The number of fused-ring (bicyclic) bond motifs is 1. The zero-order valence-corrected chi connectivity index (χ0v) is 12.2. The summed E-state index contributed by atoms with van der Waals surface area (Å²) in [6.45, 7) is 5.84. The van der Waals surface area contributed by atoms with Crippen LogP contribution in [0.4, 0.5) is 14.5 Å². The molecule has 0 spiro atoms. The summed E-state index contributed by atoms with van der Waals surface area (Å²) in [6.07, 6.45) is 3.12. The Kier molecular flexibility index (Phi) is 4.23. The summed E-state index contributed by atoms with van der Waals surface area (Å²) < 4.78 is 33.8. The number of para-hydroxylation sites is 2. The van der Waals surface area contributed by atoms with Gasteiger partial charge < -0.3 is 9.64 Å². The molecule has 1 unspecified atom stereocenters. The van der Waals surface area contributed by atoms with E-state index in [2.05, 4.69) is 6.58 Å². The number of hydrogen-bond acceptors (Lipinski definition) is 2. The number of unbranched alkanes of at least 4 members (excludes halogenated alkanes) is 1. The highest BCUT2D eigenvalue weighted by Gasteiger charge is 2.62. The van der Waals surface area contributed by atoms with Crippen LogP contribution in [0.15, 0.2) is 36.9 Å². The van der Waals surface area contributed by atoms with Gasteiger partial charge in [-0.05, 0) is 30.2 Å². The number of anilines is 1. The van der Waals surface area contributed by atoms with Gasteiger partial charge in [-0.2, -0.15) is 8.78 Å². The lowest BCUT2D eigenvalue weighted by Gasteiger charge is -2.40. The number of ether oxygens (including phenoxy) is 1. The summed E-state index contributed by atoms with van der Waals surface area (Å²) in [5.41, 5.74) is -1.22. The Labute approximate surface area is 123 Å². The van der Waals surface area contributed by atoms with Crippen LogP contribution >= 0.6 is 11.6 Å². The van der Waals surface area contributed by atoms with Crippen LogP contribution in [0.1, 0.15) is 26.2 Å². The maximum Gasteiger partial charge on any atom is 0.379 e. The Balaban J connectivity index is 2.48. The van der Waals surface area contributed by atoms with E-state index in [4.69, 9.17) is 16.3 Å². The zero-order chi connectivity index (χ0) is 14.8. The van der Waals surface area contributed by atoms with Crippen LogP contribution in [0.2, 0.25) is 0 Å². The van der Waals surface area contributed by atoms with Gasteiger partial charge in [0.1, 0.15) is 5.75 Å². The lowest BCUT2D eigenvalue weighted by molar-refractivity contribution is -0.103. The molecule has 1 aliphatic heterocycles. The third-order valence-electron chi connectivity index (χ3n) is 3.49. The molecule has 2 rings (SSSR count). The first-order chi connectivity index (χ1) is 9.46. The third-order valence-corrected chi connectivity index (χ3v) is 3.79. The van der Waals surface area contributed by atoms with Gasteiger partial charge in [0.15, 0.2) is 0 Å². The number of nitrogens with zero attached hydrogens (tertiary/aromatic N) is 1. The van der Waals surface area contributed by atoms with Gasteiger partial charge in [0.25, 0.3) is 5.72 Å². The predicted molar refractivity (Wildman–Crippen MR) is 77.7 cm³/mol. The number of rotatable bonds is 6. The van der Waals surface area contributed by atoms with Crippen LogP contribution in [0.3, 0.4) is 0 Å². The highest BCUT2D eigenvalue weighted by Crippen LogP contribution is 2.52. The van der Waals surface area contributed by atoms with Gasteiger partial charge >= 0.3 is 5.38 Å². The van der Waals surface area contributed by atoms with Crippen molar-refractivity contribution in [3.63, 3.8) is 0 Å². The summed E-state index contributed by atoms with van der Waals surface area (Å²) >= 11 is 5.42. The minimum Gasteiger partial charge on any atom is -0.458 e. The average Bonchev–Trinajstić information content (AvgIpc) is 2.72. The monoisotopic (exact) mass is 301 g/mol. The second-order valence-electron chi connectivity index (χ2n) is 4.85. The van der Waals surface area contributed by atoms with Crippen LogP contribution in [-0.4, -0.2) is 17.7 Å². The lowest BCUT2D eigenvalue weighted by atomic mass is 10.0. The molecule has 110 valence electrons. The van der Waals surface area contributed by atoms with Crippen molar-refractivity contribution < 1.29 is 13.5 Å². The second-order valence-corrected chi connectivity index (χ2v) is 5.33. The molecule has 0 N–H and O–H groups in total. The number of benzene rings is 1. The summed E-state index contributed by atoms with van der Waals surface area (Å²) in [7, 11) is 0. The fraction of sp³-hybridized carbons (Fsp3) is 0.467. The first-order valence-electron chi connectivity index (χ1n) is 6.69. The molecule has 5 heteroatoms. The van der Waals surface area contributed by atoms with Crippen LogP contribution in [-0.2, 0) is 0 Å². The molecular formula is C15H18ClF2NO. The lowest BCUT2D eigenvalue weighted by Crippen LogP contribution is -2.60. The van der Waals surface area contributed by atoms with Gasteiger partial charge in [0.2, 0.25) is 0 Å². The second kappa shape index (κ2) is 5.60. The first-order valence-corrected chi connectivity index (χ1v) is 7.07. The predicted octanol–water partition coefficient (Wildman–Crippen LogP) is 4.79. The van der Waals surface area contributed by atoms with Crippen molar-refractivity contribution in [3.05, 3.63) is 36.9 Å². The number of halogens is 3. The van der Waals surface area contributed by atoms with E-state index in [-0.39, 0.29) is 13.0 Å². The van der Waals surface area contributed by atoms with Crippen molar-refractivity contribution in [2.75, 3.05) is 11.4 Å². The van der Waals surface area contributed by atoms with E-state index in [0.717, 1.165) is 6.42 Å². The normalized spacial score (nSPS) is 21.5. The Bertz CT molecular complexity index is 489. The van der Waals surface area contributed by atoms with Crippen molar-refractivity contribution in [3.8, 4) is 5.75 Å². The van der Waals surface area contributed by atoms with Gasteiger partial charge in [-0.15, -0.1) is 6.58 Å². The smallest absolute Gasteiger partial charge is 0.379 e. The Morgan fingerprint density at radius 2 is 2.15 bits per heavy atom. The van der Waals surface area contributed by atoms with E-state index in [1.807, 2.05) is 6.92 Å². The molecule has 1 atom stereocenters. The van der Waals surface area contributed by atoms with Gasteiger partial charge in [0, 0.05) is 13.0 Å². The van der Waals surface area contributed by atoms with Crippen molar-refractivity contribution in [1.29, 1.82) is 0 Å². The van der Waals surface area contributed by atoms with E-state index in [9.17, 15) is 8.78 Å². The van der Waals surface area contributed by atoms with Gasteiger partial charge in [-0.1, -0.05) is 31.6 Å². The molecule has 1 aromatic carbocycles. The van der Waals surface area contributed by atoms with E-state index in [1.165, 1.54) is 4.90 Å². The molecule has 1 aliphatic rings. The molecule has 0 amide bonds. The topological polar surface area (TPSA) is 12.5 Å². The first kappa shape index (κ1) is 15.1. The van der Waals surface area contributed by atoms with Crippen LogP contribution in [0.25, 0.3) is 0 Å². The number of alkyl halides is 3. The standard InChI is InChI=1S/C15H18ClF2NO/c1-3-5-10-14(15(16,17)18)19(11-4-2)12-8-6-7-9-13(12)20-14/h4,6-9H,2-3,5,10-11H2,1H3. The van der Waals surface area contributed by atoms with Crippen LogP contribution in [0, 0.1) is 0 Å². The fourth-order valence-electron chi connectivity index (χ4n) is 2.53. The molecule has 20 heavy (non-hydrogen) atoms. The number of hydrogen-bond donors (Lipinski definition) is 0. The van der Waals surface area contributed by atoms with Crippen LogP contribution in [0.5, 0.6) is 5.75 Å². The molecule has 0 saturated heterocycles. The maximum absolute atomic E-state index is 14.1. The van der Waals surface area contributed by atoms with Crippen molar-refractivity contribution in [2.24, 2.45) is 0 Å². The van der Waals surface area contributed by atoms with Crippen molar-refractivity contribution >= 4 is 17.3 Å². The summed E-state index contributed by atoms with van der Waals surface area (Å²) in [6, 6.07) is 6.99. The van der Waals surface area contributed by atoms with E-state index < -0.39 is 11.1 Å². The molecule has 0 aliphatic carbocycles. The van der Waals surface area contributed by atoms with Gasteiger partial charge in [-0.25, -0.2) is 0 Å². The quantitative estimate of drug-likeness (QED) is 0.553. The SMILES string of the molecule is C=CCN1c2ccccc2OC1(CCCC)C(F)(F)Cl. The minimum atomic E-state index is -3.50. The summed E-state index contributed by atoms with van der Waals surface area (Å²) in [4.78, 5) is 1.51. The van der Waals surface area contributed by atoms with E-state index in [1.54, 1.807) is 30.3 Å². The van der Waals surface area contributed by atoms with Crippen LogP contribution < -0.4 is 9.64 Å². The molecule has 2 nitrogen and oxygen atoms in total. The molecule has 0 fully saturated rings. The molecular weight excluding hydrogens is 284 g/mol. The fourth-order valence-corrected chi connectivity index (χ4v) is 2.76. The third kappa shape index (κ3) is 2.37. The largest absolute Gasteiger partial charge is 0.458 e. The highest BCUT2D eigenvalue weighted by molar-refractivity contribution is 6.22. The maximum atomic E-state index is 14.1. The van der Waals surface area contributed by atoms with Gasteiger partial charge in [-0.3, -0.25) is 0 Å².